The Hall–Kier alpha value is -0.450. The van der Waals surface area contributed by atoms with E-state index in [9.17, 15) is 0 Å². The van der Waals surface area contributed by atoms with Crippen LogP contribution in [0.3, 0.4) is 0 Å². The van der Waals surface area contributed by atoms with Gasteiger partial charge < -0.3 is 10.6 Å². The number of aryl methyl sites for hydroxylation is 1. The lowest BCUT2D eigenvalue weighted by Gasteiger charge is -2.22. The molecule has 1 aliphatic rings. The molecule has 1 aliphatic heterocycles. The second kappa shape index (κ2) is 4.82. The molecule has 1 atom stereocenters. The van der Waals surface area contributed by atoms with E-state index in [-0.39, 0.29) is 0 Å². The first-order valence-electron chi connectivity index (χ1n) is 5.94. The van der Waals surface area contributed by atoms with Crippen LogP contribution in [0.2, 0.25) is 0 Å². The zero-order valence-electron chi connectivity index (χ0n) is 10.2. The van der Waals surface area contributed by atoms with Gasteiger partial charge in [-0.25, -0.2) is 4.98 Å². The Labute approximate surface area is 102 Å². The molecule has 0 spiro atoms. The van der Waals surface area contributed by atoms with E-state index >= 15 is 0 Å². The molecule has 2 heterocycles. The molecule has 2 rings (SSSR count). The molecule has 1 saturated heterocycles. The molecule has 16 heavy (non-hydrogen) atoms. The molecule has 0 amide bonds. The zero-order chi connectivity index (χ0) is 11.6. The SMILES string of the molecule is Cc1ncsc1CCN1CCC(C)(CN)C1. The number of hydrogen-bond acceptors (Lipinski definition) is 4. The molecule has 4 heteroatoms. The normalized spacial score (nSPS) is 26.4. The summed E-state index contributed by atoms with van der Waals surface area (Å²) in [7, 11) is 0. The highest BCUT2D eigenvalue weighted by Gasteiger charge is 2.31. The molecule has 1 aromatic rings. The summed E-state index contributed by atoms with van der Waals surface area (Å²) in [6, 6.07) is 0. The first-order chi connectivity index (χ1) is 7.63. The van der Waals surface area contributed by atoms with Gasteiger partial charge in [-0.1, -0.05) is 6.92 Å². The molecule has 0 aromatic carbocycles. The number of nitrogens with zero attached hydrogens (tertiary/aromatic N) is 2. The summed E-state index contributed by atoms with van der Waals surface area (Å²) in [5.74, 6) is 0. The lowest BCUT2D eigenvalue weighted by atomic mass is 9.90. The minimum absolute atomic E-state index is 0.350. The van der Waals surface area contributed by atoms with Crippen LogP contribution in [-0.2, 0) is 6.42 Å². The van der Waals surface area contributed by atoms with Crippen molar-refractivity contribution in [2.45, 2.75) is 26.7 Å². The van der Waals surface area contributed by atoms with E-state index in [0.717, 1.165) is 26.1 Å². The van der Waals surface area contributed by atoms with Gasteiger partial charge in [0.05, 0.1) is 11.2 Å². The Morgan fingerprint density at radius 1 is 1.62 bits per heavy atom. The molecule has 90 valence electrons. The standard InChI is InChI=1S/C12H21N3S/c1-10-11(16-9-14-10)3-5-15-6-4-12(2,7-13)8-15/h9H,3-8,13H2,1-2H3. The summed E-state index contributed by atoms with van der Waals surface area (Å²) in [6.07, 6.45) is 2.38. The molecular weight excluding hydrogens is 218 g/mol. The van der Waals surface area contributed by atoms with E-state index in [1.807, 2.05) is 5.51 Å². The largest absolute Gasteiger partial charge is 0.330 e. The average molecular weight is 239 g/mol. The molecular formula is C12H21N3S. The third-order valence-corrected chi connectivity index (χ3v) is 4.62. The van der Waals surface area contributed by atoms with Crippen molar-refractivity contribution < 1.29 is 0 Å². The summed E-state index contributed by atoms with van der Waals surface area (Å²) in [5, 5.41) is 0. The van der Waals surface area contributed by atoms with Crippen LogP contribution in [0.25, 0.3) is 0 Å². The molecule has 1 aromatic heterocycles. The zero-order valence-corrected chi connectivity index (χ0v) is 11.0. The van der Waals surface area contributed by atoms with Crippen molar-refractivity contribution in [2.24, 2.45) is 11.1 Å². The summed E-state index contributed by atoms with van der Waals surface area (Å²) >= 11 is 1.78. The minimum Gasteiger partial charge on any atom is -0.330 e. The molecule has 1 fully saturated rings. The van der Waals surface area contributed by atoms with E-state index in [1.165, 1.54) is 23.5 Å². The quantitative estimate of drug-likeness (QED) is 0.869. The van der Waals surface area contributed by atoms with Crippen LogP contribution in [0.1, 0.15) is 23.9 Å². The van der Waals surface area contributed by atoms with Crippen molar-refractivity contribution in [3.05, 3.63) is 16.1 Å². The van der Waals surface area contributed by atoms with Gasteiger partial charge in [-0.15, -0.1) is 11.3 Å². The van der Waals surface area contributed by atoms with E-state index in [2.05, 4.69) is 23.7 Å². The molecule has 0 saturated carbocycles. The highest BCUT2D eigenvalue weighted by molar-refractivity contribution is 7.09. The summed E-state index contributed by atoms with van der Waals surface area (Å²) in [6.45, 7) is 8.71. The lowest BCUT2D eigenvalue weighted by Crippen LogP contribution is -2.32. The van der Waals surface area contributed by atoms with Crippen molar-refractivity contribution in [3.63, 3.8) is 0 Å². The first-order valence-corrected chi connectivity index (χ1v) is 6.82. The highest BCUT2D eigenvalue weighted by Crippen LogP contribution is 2.28. The number of rotatable bonds is 4. The first kappa shape index (κ1) is 12.0. The van der Waals surface area contributed by atoms with Crippen LogP contribution < -0.4 is 5.73 Å². The number of nitrogens with two attached hydrogens (primary N) is 1. The summed E-state index contributed by atoms with van der Waals surface area (Å²) in [5.41, 5.74) is 9.30. The fourth-order valence-electron chi connectivity index (χ4n) is 2.31. The second-order valence-corrected chi connectivity index (χ2v) is 6.09. The van der Waals surface area contributed by atoms with Crippen molar-refractivity contribution in [1.29, 1.82) is 0 Å². The maximum atomic E-state index is 5.81. The van der Waals surface area contributed by atoms with Gasteiger partial charge in [-0.2, -0.15) is 0 Å². The maximum Gasteiger partial charge on any atom is 0.0797 e. The van der Waals surface area contributed by atoms with Crippen LogP contribution in [0.5, 0.6) is 0 Å². The van der Waals surface area contributed by atoms with E-state index in [4.69, 9.17) is 5.73 Å². The maximum absolute atomic E-state index is 5.81. The lowest BCUT2D eigenvalue weighted by molar-refractivity contribution is 0.283. The number of likely N-dealkylation sites (tertiary alicyclic amines) is 1. The van der Waals surface area contributed by atoms with E-state index in [1.54, 1.807) is 11.3 Å². The summed E-state index contributed by atoms with van der Waals surface area (Å²) in [4.78, 5) is 8.25. The molecule has 0 bridgehead atoms. The second-order valence-electron chi connectivity index (χ2n) is 5.15. The van der Waals surface area contributed by atoms with Gasteiger partial charge in [0.15, 0.2) is 0 Å². The highest BCUT2D eigenvalue weighted by atomic mass is 32.1. The van der Waals surface area contributed by atoms with Crippen LogP contribution in [-0.4, -0.2) is 36.1 Å². The average Bonchev–Trinajstić information content (AvgIpc) is 2.84. The Balaban J connectivity index is 1.82. The number of aromatic nitrogens is 1. The van der Waals surface area contributed by atoms with Gasteiger partial charge in [-0.05, 0) is 38.3 Å². The van der Waals surface area contributed by atoms with E-state index < -0.39 is 0 Å². The Kier molecular flexibility index (Phi) is 3.62. The van der Waals surface area contributed by atoms with Gasteiger partial charge >= 0.3 is 0 Å². The van der Waals surface area contributed by atoms with Crippen LogP contribution in [0, 0.1) is 12.3 Å². The minimum atomic E-state index is 0.350. The van der Waals surface area contributed by atoms with Gasteiger partial charge in [0.1, 0.15) is 0 Å². The Bertz CT molecular complexity index is 350. The van der Waals surface area contributed by atoms with Crippen LogP contribution in [0.15, 0.2) is 5.51 Å². The fourth-order valence-corrected chi connectivity index (χ4v) is 3.08. The molecule has 0 aliphatic carbocycles. The summed E-state index contributed by atoms with van der Waals surface area (Å²) < 4.78 is 0. The molecule has 2 N–H and O–H groups in total. The smallest absolute Gasteiger partial charge is 0.0797 e. The monoisotopic (exact) mass is 239 g/mol. The molecule has 0 radical (unpaired) electrons. The third kappa shape index (κ3) is 2.62. The Morgan fingerprint density at radius 2 is 2.44 bits per heavy atom. The predicted octanol–water partition coefficient (Wildman–Crippen LogP) is 1.66. The van der Waals surface area contributed by atoms with Crippen LogP contribution in [0.4, 0.5) is 0 Å². The molecule has 3 nitrogen and oxygen atoms in total. The van der Waals surface area contributed by atoms with Crippen molar-refractivity contribution >= 4 is 11.3 Å². The number of hydrogen-bond donors (Lipinski definition) is 1. The van der Waals surface area contributed by atoms with Crippen molar-refractivity contribution in [3.8, 4) is 0 Å². The van der Waals surface area contributed by atoms with Gasteiger partial charge in [0, 0.05) is 18.0 Å². The third-order valence-electron chi connectivity index (χ3n) is 3.63. The van der Waals surface area contributed by atoms with Crippen molar-refractivity contribution in [1.82, 2.24) is 9.88 Å². The fraction of sp³-hybridized carbons (Fsp3) is 0.750. The van der Waals surface area contributed by atoms with Gasteiger partial charge in [0.2, 0.25) is 0 Å². The van der Waals surface area contributed by atoms with Gasteiger partial charge in [-0.3, -0.25) is 0 Å². The van der Waals surface area contributed by atoms with Crippen LogP contribution >= 0.6 is 11.3 Å². The molecule has 1 unspecified atom stereocenters. The Morgan fingerprint density at radius 3 is 3.00 bits per heavy atom. The van der Waals surface area contributed by atoms with Gasteiger partial charge in [0.25, 0.3) is 0 Å². The topological polar surface area (TPSA) is 42.2 Å². The number of thiazole rings is 1. The van der Waals surface area contributed by atoms with E-state index in [0.29, 0.717) is 5.41 Å². The predicted molar refractivity (Wildman–Crippen MR) is 68.8 cm³/mol. The van der Waals surface area contributed by atoms with Crippen molar-refractivity contribution in [2.75, 3.05) is 26.2 Å².